The Hall–Kier alpha value is -3.22. The summed E-state index contributed by atoms with van der Waals surface area (Å²) in [5, 5.41) is 163. The van der Waals surface area contributed by atoms with E-state index in [0.717, 1.165) is 65.2 Å². The molecule has 0 aromatic carbocycles. The highest BCUT2D eigenvalue weighted by Crippen LogP contribution is 2.40. The van der Waals surface area contributed by atoms with Gasteiger partial charge in [0.1, 0.15) is 91.5 Å². The number of hydrogen-bond acceptors (Lipinski definition) is 25. The number of carboxylic acids is 1. The fraction of sp³-hybridized carbons (Fsp3) is 0.910. The molecule has 29 nitrogen and oxygen atoms in total. The van der Waals surface area contributed by atoms with Crippen LogP contribution >= 0.6 is 0 Å². The molecule has 3 amide bonds. The van der Waals surface area contributed by atoms with Gasteiger partial charge in [-0.1, -0.05) is 180 Å². The van der Waals surface area contributed by atoms with E-state index in [1.54, 1.807) is 6.08 Å². The number of carbonyl (C=O) groups excluding carboxylic acids is 3. The number of unbranched alkanes of at least 4 members (excludes halogenated alkanes) is 25. The van der Waals surface area contributed by atoms with E-state index in [4.69, 9.17) is 37.9 Å². The molecule has 4 aliphatic heterocycles. The van der Waals surface area contributed by atoms with Crippen molar-refractivity contribution in [3.8, 4) is 0 Å². The number of aliphatic hydroxyl groups excluding tert-OH is 13. The predicted octanol–water partition coefficient (Wildman–Crippen LogP) is 1.13. The highest BCUT2D eigenvalue weighted by atomic mass is 16.8. The number of nitrogens with one attached hydrogen (secondary N) is 3. The Kier molecular flexibility index (Phi) is 41.1. The van der Waals surface area contributed by atoms with E-state index >= 15 is 0 Å². The van der Waals surface area contributed by atoms with E-state index in [1.165, 1.54) is 109 Å². The molecule has 96 heavy (non-hydrogen) atoms. The number of rotatable bonds is 49. The van der Waals surface area contributed by atoms with Crippen LogP contribution in [0.5, 0.6) is 0 Å². The Morgan fingerprint density at radius 1 is 0.542 bits per heavy atom. The molecule has 0 aromatic rings. The minimum absolute atomic E-state index is 0.162. The maximum absolute atomic E-state index is 13.6. The van der Waals surface area contributed by atoms with Gasteiger partial charge < -0.3 is 125 Å². The zero-order chi connectivity index (χ0) is 70.7. The standard InChI is InChI=1S/C67H121N3O26/c1-5-7-9-11-13-15-17-19-20-22-24-26-28-30-32-34-50(80)70-43(44(77)33-31-29-27-25-23-21-18-16-14-12-10-8-6-2)40-89-64-57(85)56(84)59(48(38-73)91-64)93-65-58(86)62(60(49(39-74)92-65)94-63-52(69-42(4)76)55(83)54(82)47(37-72)90-63)96-67(66(87)88)35-45(78)51(68-41(3)75)61(95-67)53(81)46(79)36-71/h31,33,43-49,51-65,71-74,77-79,81-86H,5-30,32,34-40H2,1-4H3,(H,68,75)(H,69,76)(H,70,80)(H,87,88)/t43-,44+,45-,46+,47+,48+,49+,51+,52+,53+,54-,55+,56+,57+,58+,59+,60-,61+,62+,63-,64+,65-,67-/m0/s1. The molecule has 0 radical (unpaired) electrons. The molecule has 560 valence electrons. The van der Waals surface area contributed by atoms with Gasteiger partial charge in [0, 0.05) is 26.7 Å². The maximum atomic E-state index is 13.6. The van der Waals surface area contributed by atoms with Gasteiger partial charge in [-0.2, -0.15) is 0 Å². The third kappa shape index (κ3) is 27.6. The van der Waals surface area contributed by atoms with E-state index in [1.807, 2.05) is 6.08 Å². The van der Waals surface area contributed by atoms with Crippen molar-refractivity contribution in [3.63, 3.8) is 0 Å². The van der Waals surface area contributed by atoms with Crippen LogP contribution in [0.1, 0.15) is 214 Å². The lowest BCUT2D eigenvalue weighted by atomic mass is 9.88. The largest absolute Gasteiger partial charge is 0.477 e. The summed E-state index contributed by atoms with van der Waals surface area (Å²) < 4.78 is 47.9. The molecule has 4 aliphatic rings. The van der Waals surface area contributed by atoms with Gasteiger partial charge in [-0.25, -0.2) is 4.79 Å². The van der Waals surface area contributed by atoms with Crippen molar-refractivity contribution < 1.29 is 129 Å². The lowest BCUT2D eigenvalue weighted by molar-refractivity contribution is -0.401. The van der Waals surface area contributed by atoms with Crippen LogP contribution in [-0.4, -0.2) is 269 Å². The molecule has 4 saturated heterocycles. The Bertz CT molecular complexity index is 2180. The Labute approximate surface area is 565 Å². The molecule has 0 bridgehead atoms. The number of carbonyl (C=O) groups is 4. The second kappa shape index (κ2) is 46.3. The van der Waals surface area contributed by atoms with Crippen LogP contribution in [0.4, 0.5) is 0 Å². The summed E-state index contributed by atoms with van der Waals surface area (Å²) in [6.07, 6.45) is -4.64. The Balaban J connectivity index is 1.54. The third-order valence-electron chi connectivity index (χ3n) is 18.5. The van der Waals surface area contributed by atoms with Gasteiger partial charge in [0.25, 0.3) is 5.79 Å². The first-order valence-electron chi connectivity index (χ1n) is 35.6. The second-order valence-corrected chi connectivity index (χ2v) is 26.5. The summed E-state index contributed by atoms with van der Waals surface area (Å²) >= 11 is 0. The third-order valence-corrected chi connectivity index (χ3v) is 18.5. The fourth-order valence-corrected chi connectivity index (χ4v) is 12.8. The average Bonchev–Trinajstić information content (AvgIpc) is 0.761. The van der Waals surface area contributed by atoms with Crippen molar-refractivity contribution in [2.45, 2.75) is 354 Å². The quantitative estimate of drug-likeness (QED) is 0.0300. The molecule has 23 atom stereocenters. The Morgan fingerprint density at radius 2 is 1.01 bits per heavy atom. The summed E-state index contributed by atoms with van der Waals surface area (Å²) in [4.78, 5) is 51.9. The number of aliphatic hydroxyl groups is 13. The first-order valence-corrected chi connectivity index (χ1v) is 35.6. The lowest BCUT2D eigenvalue weighted by Gasteiger charge is -2.52. The number of carboxylic acid groups (broad SMARTS) is 1. The summed E-state index contributed by atoms with van der Waals surface area (Å²) in [6.45, 7) is 1.73. The molecule has 0 spiro atoms. The SMILES string of the molecule is CCCCCCCCCCCCCC=C[C@@H](O)[C@H](CO[C@@H]1O[C@H](CO)[C@@H](O[C@@H]2O[C@H](CO)[C@H](O[C@@H]3O[C@H](CO)[C@H](O)[C@H](O)[C@H]3NC(C)=O)[C@H](O[C@]3(C(=O)O)C[C@H](O)[C@@H](NC(C)=O)[C@H]([C@H](O)[C@H](O)CO)O3)[C@H]2O)[C@H](O)[C@H]1O)NC(=O)CCCCCCCCCCCCCCCCC. The van der Waals surface area contributed by atoms with Gasteiger partial charge in [-0.3, -0.25) is 14.4 Å². The zero-order valence-electron chi connectivity index (χ0n) is 57.1. The number of amides is 3. The minimum atomic E-state index is -3.28. The van der Waals surface area contributed by atoms with Gasteiger partial charge >= 0.3 is 5.97 Å². The fourth-order valence-electron chi connectivity index (χ4n) is 12.8. The van der Waals surface area contributed by atoms with Crippen LogP contribution in [-0.2, 0) is 57.1 Å². The van der Waals surface area contributed by atoms with Gasteiger partial charge in [0.05, 0.1) is 57.3 Å². The molecule has 4 heterocycles. The first kappa shape index (κ1) is 85.2. The van der Waals surface area contributed by atoms with E-state index < -0.39 is 198 Å². The maximum Gasteiger partial charge on any atom is 0.364 e. The monoisotopic (exact) mass is 1380 g/mol. The molecule has 0 aromatic heterocycles. The van der Waals surface area contributed by atoms with Crippen LogP contribution in [0.2, 0.25) is 0 Å². The molecule has 17 N–H and O–H groups in total. The molecular formula is C67H121N3O26. The van der Waals surface area contributed by atoms with Crippen molar-refractivity contribution in [2.75, 3.05) is 33.0 Å². The van der Waals surface area contributed by atoms with E-state index in [2.05, 4.69) is 29.8 Å². The highest BCUT2D eigenvalue weighted by Gasteiger charge is 2.61. The van der Waals surface area contributed by atoms with Crippen molar-refractivity contribution >= 4 is 23.7 Å². The van der Waals surface area contributed by atoms with E-state index in [-0.39, 0.29) is 12.3 Å². The zero-order valence-corrected chi connectivity index (χ0v) is 57.1. The molecule has 29 heteroatoms. The van der Waals surface area contributed by atoms with Crippen molar-refractivity contribution in [1.82, 2.24) is 16.0 Å². The van der Waals surface area contributed by atoms with Crippen LogP contribution in [0.25, 0.3) is 0 Å². The smallest absolute Gasteiger partial charge is 0.364 e. The molecule has 0 unspecified atom stereocenters. The first-order chi connectivity index (χ1) is 46.0. The van der Waals surface area contributed by atoms with Crippen molar-refractivity contribution in [2.24, 2.45) is 0 Å². The molecule has 4 rings (SSSR count). The summed E-state index contributed by atoms with van der Waals surface area (Å²) in [5.74, 6) is -7.36. The molecule has 0 saturated carbocycles. The molecule has 4 fully saturated rings. The number of ether oxygens (including phenoxy) is 8. The minimum Gasteiger partial charge on any atom is -0.477 e. The molecular weight excluding hydrogens is 1260 g/mol. The van der Waals surface area contributed by atoms with Gasteiger partial charge in [0.2, 0.25) is 17.7 Å². The topological polar surface area (TPSA) is 461 Å². The van der Waals surface area contributed by atoms with Gasteiger partial charge in [0.15, 0.2) is 18.9 Å². The average molecular weight is 1380 g/mol. The van der Waals surface area contributed by atoms with Crippen LogP contribution < -0.4 is 16.0 Å². The summed E-state index contributed by atoms with van der Waals surface area (Å²) in [6, 6.07) is -4.52. The normalized spacial score (nSPS) is 32.3. The van der Waals surface area contributed by atoms with Gasteiger partial charge in [-0.05, 0) is 19.3 Å². The summed E-state index contributed by atoms with van der Waals surface area (Å²) in [5.41, 5.74) is 0. The van der Waals surface area contributed by atoms with Crippen molar-refractivity contribution in [3.05, 3.63) is 12.2 Å². The number of aliphatic carboxylic acids is 1. The van der Waals surface area contributed by atoms with E-state index in [0.29, 0.717) is 12.8 Å². The molecule has 0 aliphatic carbocycles. The van der Waals surface area contributed by atoms with Crippen LogP contribution in [0.3, 0.4) is 0 Å². The van der Waals surface area contributed by atoms with Crippen molar-refractivity contribution in [1.29, 1.82) is 0 Å². The number of hydrogen-bond donors (Lipinski definition) is 17. The lowest BCUT2D eigenvalue weighted by Crippen LogP contribution is -2.72. The van der Waals surface area contributed by atoms with Crippen LogP contribution in [0.15, 0.2) is 12.2 Å². The van der Waals surface area contributed by atoms with Crippen LogP contribution in [0, 0.1) is 0 Å². The Morgan fingerprint density at radius 3 is 1.51 bits per heavy atom. The summed E-state index contributed by atoms with van der Waals surface area (Å²) in [7, 11) is 0. The number of allylic oxidation sites excluding steroid dienone is 1. The highest BCUT2D eigenvalue weighted by molar-refractivity contribution is 5.77. The van der Waals surface area contributed by atoms with E-state index in [9.17, 15) is 90.7 Å². The predicted molar refractivity (Wildman–Crippen MR) is 346 cm³/mol. The van der Waals surface area contributed by atoms with Gasteiger partial charge in [-0.15, -0.1) is 0 Å². The second-order valence-electron chi connectivity index (χ2n) is 26.5.